The lowest BCUT2D eigenvalue weighted by Crippen LogP contribution is -2.10. The summed E-state index contributed by atoms with van der Waals surface area (Å²) < 4.78 is 37.8. The molecule has 0 saturated heterocycles. The summed E-state index contributed by atoms with van der Waals surface area (Å²) in [5, 5.41) is 2.66. The van der Waals surface area contributed by atoms with Gasteiger partial charge in [0.2, 0.25) is 0 Å². The lowest BCUT2D eigenvalue weighted by Gasteiger charge is -2.20. The quantitative estimate of drug-likeness (QED) is 0.0597. The Kier molecular flexibility index (Phi) is 14.5. The van der Waals surface area contributed by atoms with Crippen molar-refractivity contribution in [2.75, 3.05) is 0 Å². The Morgan fingerprint density at radius 1 is 0.969 bits per heavy atom. The van der Waals surface area contributed by atoms with Crippen LogP contribution in [0.1, 0.15) is 73.6 Å². The van der Waals surface area contributed by atoms with Crippen LogP contribution in [-0.2, 0) is 22.6 Å². The topological polar surface area (TPSA) is 151 Å². The minimum Gasteiger partial charge on any atom is -0.336 e. The van der Waals surface area contributed by atoms with E-state index in [0.29, 0.717) is 6.42 Å². The first-order valence-corrected chi connectivity index (χ1v) is 13.1. The number of azide groups is 1. The predicted octanol–water partition coefficient (Wildman–Crippen LogP) is 7.61. The number of nitrogens with zero attached hydrogens (tertiary/aromatic N) is 3. The van der Waals surface area contributed by atoms with Crippen molar-refractivity contribution in [2.45, 2.75) is 79.8 Å². The summed E-state index contributed by atoms with van der Waals surface area (Å²) in [6.45, 7) is 11.8. The Balaban J connectivity index is 5.68. The van der Waals surface area contributed by atoms with E-state index in [2.05, 4.69) is 31.3 Å². The van der Waals surface area contributed by atoms with Gasteiger partial charge in [-0.3, -0.25) is 4.52 Å². The van der Waals surface area contributed by atoms with E-state index in [0.717, 1.165) is 30.4 Å². The fourth-order valence-corrected chi connectivity index (χ4v) is 4.50. The van der Waals surface area contributed by atoms with Crippen LogP contribution in [0.3, 0.4) is 0 Å². The molecule has 0 amide bonds. The van der Waals surface area contributed by atoms with Crippen LogP contribution >= 0.6 is 15.6 Å². The molecule has 0 fully saturated rings. The van der Waals surface area contributed by atoms with Gasteiger partial charge in [0.1, 0.15) is 5.28 Å². The molecule has 0 aliphatic rings. The zero-order valence-corrected chi connectivity index (χ0v) is 21.4. The van der Waals surface area contributed by atoms with Crippen LogP contribution in [0.2, 0.25) is 0 Å². The van der Waals surface area contributed by atoms with Gasteiger partial charge in [0.25, 0.3) is 0 Å². The van der Waals surface area contributed by atoms with E-state index in [1.165, 1.54) is 11.1 Å². The fraction of sp³-hybridized carbons (Fsp3) is 0.600. The molecule has 0 aromatic carbocycles. The first kappa shape index (κ1) is 30.4. The molecule has 2 unspecified atom stereocenters. The van der Waals surface area contributed by atoms with Crippen LogP contribution in [-0.4, -0.2) is 15.9 Å². The second-order valence-corrected chi connectivity index (χ2v) is 10.8. The molecule has 0 radical (unpaired) electrons. The molecule has 0 aromatic rings. The van der Waals surface area contributed by atoms with Gasteiger partial charge in [-0.2, -0.15) is 4.31 Å². The summed E-state index contributed by atoms with van der Waals surface area (Å²) in [6.07, 6.45) is 10.3. The van der Waals surface area contributed by atoms with E-state index in [1.54, 1.807) is 6.08 Å². The van der Waals surface area contributed by atoms with Crippen molar-refractivity contribution in [3.05, 3.63) is 57.0 Å². The third-order valence-electron chi connectivity index (χ3n) is 4.00. The van der Waals surface area contributed by atoms with Gasteiger partial charge in [0, 0.05) is 4.91 Å². The standard InChI is InChI=1S/C20H35N3O7P2/c1-16(2)9-7-11-18(5)13-14-20(15-19(6)12-8-10-17(3)4)28-32(27,29-23-22-21)30-31(24,25)26/h9-10,13,15,20H,7-8,11-12,14H2,1-6H3,(H2,24,25,26). The van der Waals surface area contributed by atoms with Crippen molar-refractivity contribution in [1.82, 2.24) is 0 Å². The second kappa shape index (κ2) is 15.3. The van der Waals surface area contributed by atoms with Gasteiger partial charge in [-0.15, -0.1) is 0 Å². The number of hydrogen-bond acceptors (Lipinski definition) is 6. The third-order valence-corrected chi connectivity index (χ3v) is 6.45. The molecule has 0 aliphatic carbocycles. The number of allylic oxidation sites excluding steroid dienone is 6. The molecule has 2 N–H and O–H groups in total. The molecule has 0 saturated carbocycles. The molecule has 12 heteroatoms. The maximum absolute atomic E-state index is 12.7. The fourth-order valence-electron chi connectivity index (χ4n) is 2.55. The van der Waals surface area contributed by atoms with Crippen LogP contribution in [0.5, 0.6) is 0 Å². The minimum atomic E-state index is -5.26. The SMILES string of the molecule is CC(C)=CCCC(C)=CCC(C=C(C)CCC=C(C)C)OP(=O)(ON=[N+]=[N-])OP(=O)(O)O. The number of hydrogen-bond donors (Lipinski definition) is 2. The summed E-state index contributed by atoms with van der Waals surface area (Å²) >= 11 is 0. The van der Waals surface area contributed by atoms with Crippen molar-refractivity contribution in [1.29, 1.82) is 0 Å². The van der Waals surface area contributed by atoms with Gasteiger partial charge in [-0.1, -0.05) is 46.6 Å². The predicted molar refractivity (Wildman–Crippen MR) is 125 cm³/mol. The second-order valence-electron chi connectivity index (χ2n) is 7.86. The smallest absolute Gasteiger partial charge is 0.336 e. The van der Waals surface area contributed by atoms with Gasteiger partial charge < -0.3 is 14.4 Å². The maximum atomic E-state index is 12.7. The first-order valence-electron chi connectivity index (χ1n) is 10.1. The van der Waals surface area contributed by atoms with Gasteiger partial charge >= 0.3 is 15.6 Å². The average molecular weight is 491 g/mol. The van der Waals surface area contributed by atoms with E-state index < -0.39 is 21.7 Å². The van der Waals surface area contributed by atoms with E-state index in [-0.39, 0.29) is 6.42 Å². The van der Waals surface area contributed by atoms with Crippen molar-refractivity contribution in [2.24, 2.45) is 5.28 Å². The largest absolute Gasteiger partial charge is 0.545 e. The zero-order chi connectivity index (χ0) is 24.8. The van der Waals surface area contributed by atoms with Gasteiger partial charge in [0.15, 0.2) is 0 Å². The first-order chi connectivity index (χ1) is 14.8. The minimum absolute atomic E-state index is 0.245. The lowest BCUT2D eigenvalue weighted by molar-refractivity contribution is 0.119. The zero-order valence-electron chi connectivity index (χ0n) is 19.6. The third kappa shape index (κ3) is 17.0. The van der Waals surface area contributed by atoms with E-state index in [1.807, 2.05) is 47.6 Å². The Bertz CT molecular complexity index is 860. The van der Waals surface area contributed by atoms with E-state index in [9.17, 15) is 9.13 Å². The van der Waals surface area contributed by atoms with Gasteiger partial charge in [-0.25, -0.2) is 9.13 Å². The Morgan fingerprint density at radius 2 is 1.50 bits per heavy atom. The summed E-state index contributed by atoms with van der Waals surface area (Å²) in [7, 11) is -10.1. The molecule has 2 atom stereocenters. The monoisotopic (exact) mass is 491 g/mol. The number of phosphoric acid groups is 2. The Hall–Kier alpha value is -1.63. The summed E-state index contributed by atoms with van der Waals surface area (Å²) in [5.74, 6) is 0. The van der Waals surface area contributed by atoms with E-state index in [4.69, 9.17) is 19.8 Å². The van der Waals surface area contributed by atoms with Crippen LogP contribution in [0.15, 0.2) is 51.9 Å². The maximum Gasteiger partial charge on any atom is 0.545 e. The Labute approximate surface area is 190 Å². The molecule has 0 aliphatic heterocycles. The molecule has 0 spiro atoms. The van der Waals surface area contributed by atoms with Crippen LogP contribution < -0.4 is 0 Å². The molecule has 0 bridgehead atoms. The summed E-state index contributed by atoms with van der Waals surface area (Å²) in [4.78, 5) is 20.4. The highest BCUT2D eigenvalue weighted by atomic mass is 31.3. The van der Waals surface area contributed by atoms with Crippen LogP contribution in [0.4, 0.5) is 0 Å². The van der Waals surface area contributed by atoms with Gasteiger partial charge in [-0.05, 0) is 79.2 Å². The molecule has 0 heterocycles. The molecular formula is C20H35N3O7P2. The molecule has 182 valence electrons. The number of rotatable bonds is 15. The highest BCUT2D eigenvalue weighted by Gasteiger charge is 2.39. The van der Waals surface area contributed by atoms with Crippen molar-refractivity contribution in [3.8, 4) is 0 Å². The van der Waals surface area contributed by atoms with Gasteiger partial charge in [0.05, 0.1) is 6.10 Å². The molecule has 32 heavy (non-hydrogen) atoms. The van der Waals surface area contributed by atoms with Crippen LogP contribution in [0.25, 0.3) is 10.4 Å². The van der Waals surface area contributed by atoms with Crippen molar-refractivity contribution >= 4 is 15.6 Å². The molecule has 0 aromatic heterocycles. The normalized spacial score (nSPS) is 15.2. The Morgan fingerprint density at radius 3 is 1.97 bits per heavy atom. The van der Waals surface area contributed by atoms with Crippen LogP contribution in [0, 0.1) is 0 Å². The molecular weight excluding hydrogens is 456 g/mol. The lowest BCUT2D eigenvalue weighted by atomic mass is 10.0. The molecule has 10 nitrogen and oxygen atoms in total. The van der Waals surface area contributed by atoms with Crippen molar-refractivity contribution in [3.63, 3.8) is 0 Å². The highest BCUT2D eigenvalue weighted by Crippen LogP contribution is 2.62. The summed E-state index contributed by atoms with van der Waals surface area (Å²) in [5.41, 5.74) is 12.8. The summed E-state index contributed by atoms with van der Waals surface area (Å²) in [6, 6.07) is 0. The van der Waals surface area contributed by atoms with Crippen molar-refractivity contribution < 1.29 is 32.4 Å². The average Bonchev–Trinajstić information content (AvgIpc) is 2.62. The highest BCUT2D eigenvalue weighted by molar-refractivity contribution is 7.61. The molecule has 0 rings (SSSR count). The van der Waals surface area contributed by atoms with E-state index >= 15 is 0 Å².